The highest BCUT2D eigenvalue weighted by atomic mass is 16.2. The lowest BCUT2D eigenvalue weighted by molar-refractivity contribution is -0.124. The highest BCUT2D eigenvalue weighted by Crippen LogP contribution is 2.15. The number of nitrogens with zero attached hydrogens (tertiary/aromatic N) is 3. The Morgan fingerprint density at radius 2 is 1.84 bits per heavy atom. The molecule has 3 rings (SSSR count). The van der Waals surface area contributed by atoms with Crippen LogP contribution in [0.4, 0.5) is 0 Å². The number of benzene rings is 1. The Morgan fingerprint density at radius 3 is 2.56 bits per heavy atom. The second-order valence-electron chi connectivity index (χ2n) is 5.58. The van der Waals surface area contributed by atoms with Crippen LogP contribution in [0.15, 0.2) is 71.7 Å². The van der Waals surface area contributed by atoms with Gasteiger partial charge in [0.15, 0.2) is 0 Å². The van der Waals surface area contributed by atoms with Crippen molar-refractivity contribution in [2.45, 2.75) is 19.5 Å². The Labute approximate surface area is 145 Å². The zero-order valence-corrected chi connectivity index (χ0v) is 13.8. The number of hydrogen-bond acceptors (Lipinski definition) is 4. The van der Waals surface area contributed by atoms with Gasteiger partial charge in [0, 0.05) is 17.8 Å². The number of carbonyl (C=O) groups excluding carboxylic acids is 1. The van der Waals surface area contributed by atoms with E-state index in [1.807, 2.05) is 48.5 Å². The van der Waals surface area contributed by atoms with Crippen LogP contribution in [0.5, 0.6) is 0 Å². The van der Waals surface area contributed by atoms with Crippen molar-refractivity contribution in [3.8, 4) is 11.3 Å². The molecule has 1 amide bonds. The molecule has 1 unspecified atom stereocenters. The van der Waals surface area contributed by atoms with Gasteiger partial charge in [-0.3, -0.25) is 14.6 Å². The molecular formula is C19H18N4O2. The number of carbonyl (C=O) groups is 1. The number of amides is 1. The molecule has 2 heterocycles. The van der Waals surface area contributed by atoms with Crippen molar-refractivity contribution in [2.24, 2.45) is 0 Å². The van der Waals surface area contributed by atoms with E-state index in [9.17, 15) is 9.59 Å². The molecule has 0 aliphatic heterocycles. The molecular weight excluding hydrogens is 316 g/mol. The predicted octanol–water partition coefficient (Wildman–Crippen LogP) is 2.18. The van der Waals surface area contributed by atoms with Crippen LogP contribution in [0.1, 0.15) is 18.7 Å². The van der Waals surface area contributed by atoms with Crippen LogP contribution < -0.4 is 10.9 Å². The van der Waals surface area contributed by atoms with E-state index in [0.717, 1.165) is 11.3 Å². The van der Waals surface area contributed by atoms with E-state index < -0.39 is 6.04 Å². The van der Waals surface area contributed by atoms with Gasteiger partial charge in [0.25, 0.3) is 5.56 Å². The molecule has 0 aliphatic rings. The minimum Gasteiger partial charge on any atom is -0.349 e. The fourth-order valence-corrected chi connectivity index (χ4v) is 2.40. The van der Waals surface area contributed by atoms with E-state index >= 15 is 0 Å². The van der Waals surface area contributed by atoms with Gasteiger partial charge in [-0.15, -0.1) is 0 Å². The van der Waals surface area contributed by atoms with E-state index in [4.69, 9.17) is 0 Å². The van der Waals surface area contributed by atoms with E-state index in [1.165, 1.54) is 10.7 Å². The van der Waals surface area contributed by atoms with Crippen LogP contribution in [-0.2, 0) is 11.3 Å². The number of hydrogen-bond donors (Lipinski definition) is 1. The SMILES string of the molecule is CC(C(=O)NCc1ccccn1)n1nc(-c2ccccc2)ccc1=O. The molecule has 0 spiro atoms. The number of rotatable bonds is 5. The molecule has 0 aliphatic carbocycles. The normalized spacial score (nSPS) is 11.7. The molecule has 0 bridgehead atoms. The third-order valence-electron chi connectivity index (χ3n) is 3.81. The summed E-state index contributed by atoms with van der Waals surface area (Å²) in [6.07, 6.45) is 1.67. The van der Waals surface area contributed by atoms with Crippen LogP contribution in [0.25, 0.3) is 11.3 Å². The molecule has 126 valence electrons. The van der Waals surface area contributed by atoms with Gasteiger partial charge in [0.05, 0.1) is 17.9 Å². The van der Waals surface area contributed by atoms with Crippen molar-refractivity contribution >= 4 is 5.91 Å². The fourth-order valence-electron chi connectivity index (χ4n) is 2.40. The number of pyridine rings is 1. The quantitative estimate of drug-likeness (QED) is 0.776. The van der Waals surface area contributed by atoms with Crippen molar-refractivity contribution in [2.75, 3.05) is 0 Å². The highest BCUT2D eigenvalue weighted by molar-refractivity contribution is 5.79. The third-order valence-corrected chi connectivity index (χ3v) is 3.81. The zero-order valence-electron chi connectivity index (χ0n) is 13.8. The van der Waals surface area contributed by atoms with E-state index in [-0.39, 0.29) is 11.5 Å². The van der Waals surface area contributed by atoms with Gasteiger partial charge >= 0.3 is 0 Å². The smallest absolute Gasteiger partial charge is 0.267 e. The van der Waals surface area contributed by atoms with Crippen LogP contribution in [0.2, 0.25) is 0 Å². The summed E-state index contributed by atoms with van der Waals surface area (Å²) in [6, 6.07) is 17.4. The van der Waals surface area contributed by atoms with Crippen LogP contribution in [0, 0.1) is 0 Å². The standard InChI is InChI=1S/C19H18N4O2/c1-14(19(25)21-13-16-9-5-6-12-20-16)23-18(24)11-10-17(22-23)15-7-3-2-4-8-15/h2-12,14H,13H2,1H3,(H,21,25). The first-order valence-electron chi connectivity index (χ1n) is 7.98. The largest absolute Gasteiger partial charge is 0.349 e. The van der Waals surface area contributed by atoms with E-state index in [1.54, 1.807) is 19.2 Å². The average molecular weight is 334 g/mol. The minimum absolute atomic E-state index is 0.287. The monoisotopic (exact) mass is 334 g/mol. The van der Waals surface area contributed by atoms with Crippen molar-refractivity contribution in [1.82, 2.24) is 20.1 Å². The lowest BCUT2D eigenvalue weighted by atomic mass is 10.1. The molecule has 1 atom stereocenters. The Kier molecular flexibility index (Phi) is 4.99. The number of aromatic nitrogens is 3. The lowest BCUT2D eigenvalue weighted by Gasteiger charge is -2.15. The van der Waals surface area contributed by atoms with Crippen LogP contribution in [-0.4, -0.2) is 20.7 Å². The van der Waals surface area contributed by atoms with E-state index in [0.29, 0.717) is 12.2 Å². The maximum absolute atomic E-state index is 12.4. The van der Waals surface area contributed by atoms with Crippen molar-refractivity contribution < 1.29 is 4.79 Å². The summed E-state index contributed by atoms with van der Waals surface area (Å²) in [6.45, 7) is 1.95. The molecule has 25 heavy (non-hydrogen) atoms. The molecule has 0 radical (unpaired) electrons. The molecule has 0 saturated heterocycles. The van der Waals surface area contributed by atoms with Crippen molar-refractivity contribution in [3.63, 3.8) is 0 Å². The molecule has 1 N–H and O–H groups in total. The first-order valence-corrected chi connectivity index (χ1v) is 7.98. The summed E-state index contributed by atoms with van der Waals surface area (Å²) >= 11 is 0. The summed E-state index contributed by atoms with van der Waals surface area (Å²) < 4.78 is 1.20. The predicted molar refractivity (Wildman–Crippen MR) is 94.7 cm³/mol. The maximum Gasteiger partial charge on any atom is 0.267 e. The molecule has 2 aromatic heterocycles. The van der Waals surface area contributed by atoms with Gasteiger partial charge in [-0.2, -0.15) is 5.10 Å². The summed E-state index contributed by atoms with van der Waals surface area (Å²) in [5.41, 5.74) is 1.96. The summed E-state index contributed by atoms with van der Waals surface area (Å²) in [4.78, 5) is 28.7. The fraction of sp³-hybridized carbons (Fsp3) is 0.158. The van der Waals surface area contributed by atoms with Gasteiger partial charge in [0.2, 0.25) is 5.91 Å². The van der Waals surface area contributed by atoms with Gasteiger partial charge in [-0.1, -0.05) is 36.4 Å². The Morgan fingerprint density at radius 1 is 1.08 bits per heavy atom. The van der Waals surface area contributed by atoms with Gasteiger partial charge in [-0.05, 0) is 25.1 Å². The Balaban J connectivity index is 1.78. The second-order valence-corrected chi connectivity index (χ2v) is 5.58. The minimum atomic E-state index is -0.722. The third kappa shape index (κ3) is 3.98. The molecule has 3 aromatic rings. The first-order chi connectivity index (χ1) is 12.1. The van der Waals surface area contributed by atoms with Crippen LogP contribution >= 0.6 is 0 Å². The average Bonchev–Trinajstić information content (AvgIpc) is 2.67. The van der Waals surface area contributed by atoms with Crippen molar-refractivity contribution in [3.05, 3.63) is 82.9 Å². The van der Waals surface area contributed by atoms with Gasteiger partial charge in [0.1, 0.15) is 6.04 Å². The van der Waals surface area contributed by atoms with Crippen molar-refractivity contribution in [1.29, 1.82) is 0 Å². The summed E-state index contributed by atoms with van der Waals surface area (Å²) in [5.74, 6) is -0.287. The lowest BCUT2D eigenvalue weighted by Crippen LogP contribution is -2.36. The molecule has 1 aromatic carbocycles. The maximum atomic E-state index is 12.4. The topological polar surface area (TPSA) is 76.9 Å². The second kappa shape index (κ2) is 7.53. The highest BCUT2D eigenvalue weighted by Gasteiger charge is 2.17. The van der Waals surface area contributed by atoms with Gasteiger partial charge in [-0.25, -0.2) is 4.68 Å². The molecule has 0 fully saturated rings. The Bertz CT molecular complexity index is 907. The summed E-state index contributed by atoms with van der Waals surface area (Å²) in [5, 5.41) is 7.13. The summed E-state index contributed by atoms with van der Waals surface area (Å²) in [7, 11) is 0. The zero-order chi connectivity index (χ0) is 17.6. The first kappa shape index (κ1) is 16.6. The molecule has 6 heteroatoms. The van der Waals surface area contributed by atoms with Crippen LogP contribution in [0.3, 0.4) is 0 Å². The molecule has 6 nitrogen and oxygen atoms in total. The Hall–Kier alpha value is -3.28. The van der Waals surface area contributed by atoms with Gasteiger partial charge < -0.3 is 5.32 Å². The molecule has 0 saturated carbocycles. The van der Waals surface area contributed by atoms with E-state index in [2.05, 4.69) is 15.4 Å². The number of nitrogens with one attached hydrogen (secondary N) is 1.